The van der Waals surface area contributed by atoms with Crippen LogP contribution >= 0.6 is 0 Å². The smallest absolute Gasteiger partial charge is 0.338 e. The molecule has 0 fully saturated rings. The summed E-state index contributed by atoms with van der Waals surface area (Å²) in [5.74, 6) is -0.308. The van der Waals surface area contributed by atoms with Crippen LogP contribution in [-0.4, -0.2) is 12.6 Å². The fraction of sp³-hybridized carbons (Fsp3) is 0.222. The van der Waals surface area contributed by atoms with Crippen LogP contribution in [0.1, 0.15) is 6.92 Å². The Morgan fingerprint density at radius 2 is 2.45 bits per heavy atom. The van der Waals surface area contributed by atoms with Gasteiger partial charge in [0.2, 0.25) is 0 Å². The number of esters is 1. The number of carbonyl (C=O) groups is 1. The molecule has 11 heavy (non-hydrogen) atoms. The van der Waals surface area contributed by atoms with Gasteiger partial charge in [-0.3, -0.25) is 0 Å². The lowest BCUT2D eigenvalue weighted by Crippen LogP contribution is -2.05. The van der Waals surface area contributed by atoms with Crippen molar-refractivity contribution in [3.63, 3.8) is 0 Å². The summed E-state index contributed by atoms with van der Waals surface area (Å²) in [6, 6.07) is 0. The second-order valence-corrected chi connectivity index (χ2v) is 1.94. The quantitative estimate of drug-likeness (QED) is 0.436. The maximum Gasteiger partial charge on any atom is 0.338 e. The Labute approximate surface area is 65.2 Å². The maximum atomic E-state index is 11.0. The van der Waals surface area contributed by atoms with E-state index in [0.29, 0.717) is 12.2 Å². The molecule has 0 aromatic heterocycles. The molecule has 56 valence electrons. The second-order valence-electron chi connectivity index (χ2n) is 1.94. The predicted molar refractivity (Wildman–Crippen MR) is 40.9 cm³/mol. The van der Waals surface area contributed by atoms with Gasteiger partial charge in [-0.05, 0) is 19.1 Å². The second kappa shape index (κ2) is 3.62. The molecule has 2 heteroatoms. The van der Waals surface area contributed by atoms with Crippen LogP contribution in [0.3, 0.4) is 0 Å². The fourth-order valence-electron chi connectivity index (χ4n) is 0.688. The predicted octanol–water partition coefficient (Wildman–Crippen LogP) is 1.36. The number of carbonyl (C=O) groups excluding carboxylic acids is 1. The number of hydrogen-bond donors (Lipinski definition) is 0. The Hall–Kier alpha value is -1.49. The van der Waals surface area contributed by atoms with Crippen LogP contribution in [0.2, 0.25) is 0 Å². The molecule has 0 spiro atoms. The lowest BCUT2D eigenvalue weighted by molar-refractivity contribution is -0.138. The van der Waals surface area contributed by atoms with Crippen molar-refractivity contribution in [2.75, 3.05) is 6.61 Å². The van der Waals surface area contributed by atoms with E-state index in [2.05, 4.69) is 11.5 Å². The van der Waals surface area contributed by atoms with Crippen molar-refractivity contribution in [2.24, 2.45) is 0 Å². The van der Waals surface area contributed by atoms with Crippen molar-refractivity contribution < 1.29 is 9.53 Å². The van der Waals surface area contributed by atoms with E-state index < -0.39 is 0 Å². The van der Waals surface area contributed by atoms with E-state index in [4.69, 9.17) is 4.74 Å². The molecular weight excluding hydrogens is 140 g/mol. The van der Waals surface area contributed by atoms with Crippen molar-refractivity contribution in [3.05, 3.63) is 35.3 Å². The van der Waals surface area contributed by atoms with Gasteiger partial charge in [0.25, 0.3) is 0 Å². The first-order valence-electron chi connectivity index (χ1n) is 3.39. The van der Waals surface area contributed by atoms with Crippen molar-refractivity contribution in [2.45, 2.75) is 6.92 Å². The highest BCUT2D eigenvalue weighted by atomic mass is 16.5. The van der Waals surface area contributed by atoms with E-state index in [9.17, 15) is 4.79 Å². The summed E-state index contributed by atoms with van der Waals surface area (Å²) in [6.45, 7) is 2.17. The van der Waals surface area contributed by atoms with E-state index in [1.807, 2.05) is 0 Å². The van der Waals surface area contributed by atoms with E-state index in [1.165, 1.54) is 0 Å². The van der Waals surface area contributed by atoms with Gasteiger partial charge in [-0.1, -0.05) is 11.5 Å². The van der Waals surface area contributed by atoms with Crippen LogP contribution in [0.25, 0.3) is 0 Å². The van der Waals surface area contributed by atoms with Crippen LogP contribution in [0, 0.1) is 0 Å². The molecular formula is C9H8O2. The van der Waals surface area contributed by atoms with Crippen molar-refractivity contribution in [1.82, 2.24) is 0 Å². The van der Waals surface area contributed by atoms with E-state index in [0.717, 1.165) is 0 Å². The molecule has 0 bridgehead atoms. The molecule has 2 nitrogen and oxygen atoms in total. The first kappa shape index (κ1) is 7.62. The Morgan fingerprint density at radius 1 is 1.64 bits per heavy atom. The molecule has 1 aliphatic carbocycles. The zero-order chi connectivity index (χ0) is 8.10. The highest BCUT2D eigenvalue weighted by molar-refractivity contribution is 5.92. The number of hydrogen-bond acceptors (Lipinski definition) is 2. The van der Waals surface area contributed by atoms with Gasteiger partial charge in [-0.2, -0.15) is 0 Å². The van der Waals surface area contributed by atoms with Crippen LogP contribution in [0.15, 0.2) is 35.3 Å². The first-order valence-corrected chi connectivity index (χ1v) is 3.39. The van der Waals surface area contributed by atoms with Gasteiger partial charge in [0.15, 0.2) is 0 Å². The molecule has 0 aromatic rings. The molecule has 0 aliphatic heterocycles. The number of rotatable bonds is 2. The number of ether oxygens (including phenoxy) is 1. The molecule has 0 N–H and O–H groups in total. The molecule has 1 rings (SSSR count). The SMILES string of the molecule is CCOC(=O)C1=CC=C=C=C1. The van der Waals surface area contributed by atoms with Crippen LogP contribution in [0.5, 0.6) is 0 Å². The zero-order valence-electron chi connectivity index (χ0n) is 6.26. The molecule has 0 saturated carbocycles. The summed E-state index contributed by atoms with van der Waals surface area (Å²) in [4.78, 5) is 11.0. The lowest BCUT2D eigenvalue weighted by atomic mass is 10.2. The summed E-state index contributed by atoms with van der Waals surface area (Å²) in [6.07, 6.45) is 4.83. The van der Waals surface area contributed by atoms with E-state index in [1.54, 1.807) is 25.2 Å². The summed E-state index contributed by atoms with van der Waals surface area (Å²) in [5.41, 5.74) is 5.89. The monoisotopic (exact) mass is 148 g/mol. The van der Waals surface area contributed by atoms with E-state index >= 15 is 0 Å². The Balaban J connectivity index is 2.65. The Bertz CT molecular complexity index is 285. The molecule has 0 heterocycles. The standard InChI is InChI=1S/C9H8O2/c1-2-11-9(10)8-6-4-3-5-7-8/h4,6-7H,2H2,1H3. The third-order valence-corrected chi connectivity index (χ3v) is 1.17. The molecule has 0 radical (unpaired) electrons. The van der Waals surface area contributed by atoms with Crippen molar-refractivity contribution in [3.8, 4) is 0 Å². The molecule has 0 unspecified atom stereocenters. The van der Waals surface area contributed by atoms with Crippen molar-refractivity contribution in [1.29, 1.82) is 0 Å². The largest absolute Gasteiger partial charge is 0.462 e. The van der Waals surface area contributed by atoms with Gasteiger partial charge in [0.05, 0.1) is 12.2 Å². The Kier molecular flexibility index (Phi) is 2.51. The van der Waals surface area contributed by atoms with Gasteiger partial charge < -0.3 is 4.74 Å². The molecule has 0 amide bonds. The van der Waals surface area contributed by atoms with Crippen LogP contribution in [0.4, 0.5) is 0 Å². The van der Waals surface area contributed by atoms with E-state index in [-0.39, 0.29) is 5.97 Å². The van der Waals surface area contributed by atoms with Gasteiger partial charge in [-0.15, -0.1) is 0 Å². The van der Waals surface area contributed by atoms with Gasteiger partial charge in [0.1, 0.15) is 0 Å². The van der Waals surface area contributed by atoms with Crippen LogP contribution < -0.4 is 0 Å². The first-order chi connectivity index (χ1) is 5.34. The molecule has 0 atom stereocenters. The summed E-state index contributed by atoms with van der Waals surface area (Å²) < 4.78 is 4.76. The van der Waals surface area contributed by atoms with Crippen LogP contribution in [-0.2, 0) is 9.53 Å². The molecule has 0 saturated heterocycles. The zero-order valence-corrected chi connectivity index (χ0v) is 6.26. The third kappa shape index (κ3) is 1.98. The van der Waals surface area contributed by atoms with Gasteiger partial charge in [0, 0.05) is 6.08 Å². The highest BCUT2D eigenvalue weighted by Crippen LogP contribution is 2.02. The third-order valence-electron chi connectivity index (χ3n) is 1.17. The summed E-state index contributed by atoms with van der Waals surface area (Å²) in [5, 5.41) is 0. The average molecular weight is 148 g/mol. The normalized spacial score (nSPS) is 13.0. The molecule has 1 aliphatic rings. The minimum absolute atomic E-state index is 0.308. The fourth-order valence-corrected chi connectivity index (χ4v) is 0.688. The average Bonchev–Trinajstić information content (AvgIpc) is 2.07. The topological polar surface area (TPSA) is 26.3 Å². The lowest BCUT2D eigenvalue weighted by Gasteiger charge is -2.00. The van der Waals surface area contributed by atoms with Gasteiger partial charge in [-0.25, -0.2) is 4.79 Å². The number of allylic oxidation sites excluding steroid dienone is 2. The summed E-state index contributed by atoms with van der Waals surface area (Å²) >= 11 is 0. The highest BCUT2D eigenvalue weighted by Gasteiger charge is 2.05. The van der Waals surface area contributed by atoms with Crippen molar-refractivity contribution >= 4 is 5.97 Å². The summed E-state index contributed by atoms with van der Waals surface area (Å²) in [7, 11) is 0. The minimum atomic E-state index is -0.308. The maximum absolute atomic E-state index is 11.0. The Morgan fingerprint density at radius 3 is 3.00 bits per heavy atom. The molecule has 0 aromatic carbocycles. The van der Waals surface area contributed by atoms with Gasteiger partial charge >= 0.3 is 5.97 Å². The minimum Gasteiger partial charge on any atom is -0.462 e.